The van der Waals surface area contributed by atoms with E-state index in [1.54, 1.807) is 0 Å². The van der Waals surface area contributed by atoms with Gasteiger partial charge in [-0.05, 0) is 12.8 Å². The Bertz CT molecular complexity index is 372. The second-order valence-corrected chi connectivity index (χ2v) is 5.54. The molecule has 8 nitrogen and oxygen atoms in total. The number of ether oxygens (including phenoxy) is 4. The van der Waals surface area contributed by atoms with Crippen molar-refractivity contribution in [3.05, 3.63) is 25.3 Å². The lowest BCUT2D eigenvalue weighted by molar-refractivity contribution is -0.142. The summed E-state index contributed by atoms with van der Waals surface area (Å²) in [5, 5.41) is 19.0. The minimum absolute atomic E-state index is 0.110. The van der Waals surface area contributed by atoms with Crippen LogP contribution in [0.2, 0.25) is 0 Å². The molecule has 150 valence electrons. The third kappa shape index (κ3) is 15.8. The Hall–Kier alpha value is -1.74. The number of aliphatic hydroxyl groups is 2. The van der Waals surface area contributed by atoms with Crippen LogP contribution in [0.25, 0.3) is 0 Å². The molecule has 0 saturated carbocycles. The number of aliphatic hydroxyl groups excluding tert-OH is 2. The fourth-order valence-electron chi connectivity index (χ4n) is 1.77. The van der Waals surface area contributed by atoms with Crippen molar-refractivity contribution in [1.29, 1.82) is 0 Å². The standard InChI is InChI=1S/C18H30O8/c1-3-17(21)25-13-15(19)11-23-9-7-5-6-8-10-24-12-16(20)14-26-18(22)4-2/h3-4,15-16,19-20H,1-2,5-14H2/t15-,16-/m1/s1. The van der Waals surface area contributed by atoms with Crippen molar-refractivity contribution in [1.82, 2.24) is 0 Å². The molecule has 0 aromatic carbocycles. The number of rotatable bonds is 17. The highest BCUT2D eigenvalue weighted by atomic mass is 16.6. The normalized spacial score (nSPS) is 12.8. The highest BCUT2D eigenvalue weighted by Gasteiger charge is 2.07. The number of hydrogen-bond acceptors (Lipinski definition) is 8. The summed E-state index contributed by atoms with van der Waals surface area (Å²) in [6.07, 6.45) is 3.98. The number of carbonyl (C=O) groups is 2. The predicted molar refractivity (Wildman–Crippen MR) is 94.4 cm³/mol. The first-order valence-electron chi connectivity index (χ1n) is 8.59. The molecule has 0 aliphatic heterocycles. The number of hydrogen-bond donors (Lipinski definition) is 2. The van der Waals surface area contributed by atoms with Gasteiger partial charge in [0.1, 0.15) is 25.4 Å². The third-order valence-corrected chi connectivity index (χ3v) is 3.12. The van der Waals surface area contributed by atoms with Gasteiger partial charge < -0.3 is 29.2 Å². The first-order chi connectivity index (χ1) is 12.5. The number of esters is 2. The van der Waals surface area contributed by atoms with E-state index in [0.29, 0.717) is 13.2 Å². The van der Waals surface area contributed by atoms with Crippen LogP contribution in [0.4, 0.5) is 0 Å². The molecule has 0 fully saturated rings. The Morgan fingerprint density at radius 3 is 1.46 bits per heavy atom. The molecule has 0 amide bonds. The Kier molecular flexibility index (Phi) is 15.6. The fourth-order valence-corrected chi connectivity index (χ4v) is 1.77. The molecule has 2 atom stereocenters. The largest absolute Gasteiger partial charge is 0.460 e. The molecule has 0 aromatic heterocycles. The van der Waals surface area contributed by atoms with Gasteiger partial charge in [0, 0.05) is 25.4 Å². The van der Waals surface area contributed by atoms with E-state index in [1.165, 1.54) is 0 Å². The summed E-state index contributed by atoms with van der Waals surface area (Å²) in [5.74, 6) is -1.15. The second-order valence-electron chi connectivity index (χ2n) is 5.54. The van der Waals surface area contributed by atoms with Crippen LogP contribution in [0.1, 0.15) is 25.7 Å². The Balaban J connectivity index is 3.33. The zero-order valence-electron chi connectivity index (χ0n) is 15.1. The lowest BCUT2D eigenvalue weighted by atomic mass is 10.2. The molecule has 0 saturated heterocycles. The summed E-state index contributed by atoms with van der Waals surface area (Å²) in [6.45, 7) is 7.55. The van der Waals surface area contributed by atoms with Crippen molar-refractivity contribution < 1.29 is 38.7 Å². The van der Waals surface area contributed by atoms with Crippen LogP contribution in [0.3, 0.4) is 0 Å². The van der Waals surface area contributed by atoms with Gasteiger partial charge in [-0.1, -0.05) is 26.0 Å². The van der Waals surface area contributed by atoms with Crippen LogP contribution < -0.4 is 0 Å². The summed E-state index contributed by atoms with van der Waals surface area (Å²) >= 11 is 0. The second kappa shape index (κ2) is 16.7. The SMILES string of the molecule is C=CC(=O)OC[C@H](O)COCCCCCCOC[C@@H](O)COC(=O)C=C. The van der Waals surface area contributed by atoms with Crippen LogP contribution >= 0.6 is 0 Å². The summed E-state index contributed by atoms with van der Waals surface area (Å²) in [7, 11) is 0. The maximum Gasteiger partial charge on any atom is 0.330 e. The monoisotopic (exact) mass is 374 g/mol. The van der Waals surface area contributed by atoms with E-state index in [2.05, 4.69) is 22.6 Å². The van der Waals surface area contributed by atoms with Gasteiger partial charge in [0.05, 0.1) is 13.2 Å². The highest BCUT2D eigenvalue weighted by molar-refractivity contribution is 5.81. The fraction of sp³-hybridized carbons (Fsp3) is 0.667. The molecule has 0 spiro atoms. The van der Waals surface area contributed by atoms with Gasteiger partial charge in [-0.3, -0.25) is 0 Å². The quantitative estimate of drug-likeness (QED) is 0.218. The van der Waals surface area contributed by atoms with Gasteiger partial charge >= 0.3 is 11.9 Å². The molecule has 0 aliphatic rings. The highest BCUT2D eigenvalue weighted by Crippen LogP contribution is 2.02. The average Bonchev–Trinajstić information content (AvgIpc) is 2.65. The van der Waals surface area contributed by atoms with Gasteiger partial charge in [-0.15, -0.1) is 0 Å². The van der Waals surface area contributed by atoms with Crippen molar-refractivity contribution >= 4 is 11.9 Å². The zero-order chi connectivity index (χ0) is 19.6. The topological polar surface area (TPSA) is 112 Å². The van der Waals surface area contributed by atoms with Gasteiger partial charge in [0.15, 0.2) is 0 Å². The van der Waals surface area contributed by atoms with Crippen molar-refractivity contribution in [2.24, 2.45) is 0 Å². The van der Waals surface area contributed by atoms with E-state index in [0.717, 1.165) is 37.8 Å². The zero-order valence-corrected chi connectivity index (χ0v) is 15.1. The molecule has 0 rings (SSSR count). The Morgan fingerprint density at radius 2 is 1.12 bits per heavy atom. The maximum atomic E-state index is 10.8. The van der Waals surface area contributed by atoms with E-state index in [9.17, 15) is 19.8 Å². The Labute approximate surface area is 154 Å². The maximum absolute atomic E-state index is 10.8. The van der Waals surface area contributed by atoms with Crippen molar-refractivity contribution in [3.63, 3.8) is 0 Å². The number of carbonyl (C=O) groups excluding carboxylic acids is 2. The molecule has 26 heavy (non-hydrogen) atoms. The van der Waals surface area contributed by atoms with Crippen molar-refractivity contribution in [3.8, 4) is 0 Å². The lowest BCUT2D eigenvalue weighted by Crippen LogP contribution is -2.23. The molecular weight excluding hydrogens is 344 g/mol. The van der Waals surface area contributed by atoms with Crippen LogP contribution in [-0.4, -0.2) is 74.0 Å². The van der Waals surface area contributed by atoms with E-state index in [1.807, 2.05) is 0 Å². The molecule has 0 radical (unpaired) electrons. The van der Waals surface area contributed by atoms with Crippen LogP contribution in [0, 0.1) is 0 Å². The van der Waals surface area contributed by atoms with Gasteiger partial charge in [-0.2, -0.15) is 0 Å². The molecule has 0 aromatic rings. The van der Waals surface area contributed by atoms with Gasteiger partial charge in [0.25, 0.3) is 0 Å². The molecule has 8 heteroatoms. The molecule has 0 unspecified atom stereocenters. The molecule has 0 aliphatic carbocycles. The average molecular weight is 374 g/mol. The predicted octanol–water partition coefficient (Wildman–Crippen LogP) is 0.760. The Morgan fingerprint density at radius 1 is 0.731 bits per heavy atom. The van der Waals surface area contributed by atoms with E-state index in [-0.39, 0.29) is 26.4 Å². The molecule has 2 N–H and O–H groups in total. The minimum atomic E-state index is -0.843. The van der Waals surface area contributed by atoms with E-state index < -0.39 is 24.1 Å². The van der Waals surface area contributed by atoms with Crippen LogP contribution in [0.5, 0.6) is 0 Å². The third-order valence-electron chi connectivity index (χ3n) is 3.12. The van der Waals surface area contributed by atoms with Crippen molar-refractivity contribution in [2.45, 2.75) is 37.9 Å². The summed E-state index contributed by atoms with van der Waals surface area (Å²) in [6, 6.07) is 0. The van der Waals surface area contributed by atoms with Crippen molar-refractivity contribution in [2.75, 3.05) is 39.6 Å². The summed E-state index contributed by atoms with van der Waals surface area (Å²) in [5.41, 5.74) is 0. The van der Waals surface area contributed by atoms with E-state index in [4.69, 9.17) is 9.47 Å². The van der Waals surface area contributed by atoms with E-state index >= 15 is 0 Å². The number of unbranched alkanes of at least 4 members (excludes halogenated alkanes) is 3. The first-order valence-corrected chi connectivity index (χ1v) is 8.59. The van der Waals surface area contributed by atoms with Crippen LogP contribution in [-0.2, 0) is 28.5 Å². The molecule has 0 heterocycles. The summed E-state index contributed by atoms with van der Waals surface area (Å²) in [4.78, 5) is 21.6. The van der Waals surface area contributed by atoms with Gasteiger partial charge in [-0.25, -0.2) is 9.59 Å². The smallest absolute Gasteiger partial charge is 0.330 e. The first kappa shape index (κ1) is 24.3. The van der Waals surface area contributed by atoms with Gasteiger partial charge in [0.2, 0.25) is 0 Å². The lowest BCUT2D eigenvalue weighted by Gasteiger charge is -2.11. The summed E-state index contributed by atoms with van der Waals surface area (Å²) < 4.78 is 20.0. The molecular formula is C18H30O8. The minimum Gasteiger partial charge on any atom is -0.460 e. The molecule has 0 bridgehead atoms. The van der Waals surface area contributed by atoms with Crippen LogP contribution in [0.15, 0.2) is 25.3 Å².